The lowest BCUT2D eigenvalue weighted by Gasteiger charge is -2.11. The molecule has 0 heterocycles. The topological polar surface area (TPSA) is 127 Å². The van der Waals surface area contributed by atoms with Crippen molar-refractivity contribution in [2.24, 2.45) is 0 Å². The molecule has 0 aliphatic heterocycles. The third-order valence-corrected chi connectivity index (χ3v) is 3.54. The first-order valence-electron chi connectivity index (χ1n) is 7.87. The van der Waals surface area contributed by atoms with E-state index >= 15 is 0 Å². The highest BCUT2D eigenvalue weighted by Crippen LogP contribution is 2.21. The van der Waals surface area contributed by atoms with Crippen LogP contribution in [-0.4, -0.2) is 47.9 Å². The fourth-order valence-corrected chi connectivity index (χ4v) is 2.25. The zero-order valence-corrected chi connectivity index (χ0v) is 14.1. The van der Waals surface area contributed by atoms with E-state index in [0.717, 1.165) is 0 Å². The minimum atomic E-state index is -1.22. The van der Waals surface area contributed by atoms with Gasteiger partial charge in [-0.05, 0) is 36.4 Å². The van der Waals surface area contributed by atoms with E-state index in [9.17, 15) is 19.2 Å². The van der Waals surface area contributed by atoms with E-state index in [4.69, 9.17) is 19.7 Å². The molecule has 0 aliphatic carbocycles. The largest absolute Gasteiger partial charge is 0.493 e. The predicted octanol–water partition coefficient (Wildman–Crippen LogP) is 2.56. The van der Waals surface area contributed by atoms with Gasteiger partial charge in [-0.2, -0.15) is 0 Å². The molecule has 0 radical (unpaired) electrons. The first-order valence-corrected chi connectivity index (χ1v) is 7.87. The molecule has 0 saturated heterocycles. The van der Waals surface area contributed by atoms with Crippen molar-refractivity contribution < 1.29 is 38.9 Å². The molecule has 2 N–H and O–H groups in total. The number of rotatable bonds is 10. The Labute approximate surface area is 154 Å². The Morgan fingerprint density at radius 3 is 1.52 bits per heavy atom. The number of ether oxygens (including phenoxy) is 2. The number of carboxylic acids is 2. The number of aromatic carboxylic acids is 2. The lowest BCUT2D eigenvalue weighted by atomic mass is 10.1. The summed E-state index contributed by atoms with van der Waals surface area (Å²) in [5.74, 6) is -2.19. The number of benzene rings is 2. The normalized spacial score (nSPS) is 10.1. The van der Waals surface area contributed by atoms with Gasteiger partial charge >= 0.3 is 11.9 Å². The Kier molecular flexibility index (Phi) is 6.65. The molecule has 140 valence electrons. The van der Waals surface area contributed by atoms with E-state index in [-0.39, 0.29) is 47.0 Å². The molecular formula is C19H16O8. The van der Waals surface area contributed by atoms with Crippen LogP contribution in [0.3, 0.4) is 0 Å². The molecule has 0 aliphatic rings. The Hall–Kier alpha value is -3.68. The number of carboxylic acid groups (broad SMARTS) is 2. The van der Waals surface area contributed by atoms with Crippen molar-refractivity contribution in [1.29, 1.82) is 0 Å². The summed E-state index contributed by atoms with van der Waals surface area (Å²) in [5.41, 5.74) is 0.197. The average molecular weight is 372 g/mol. The summed E-state index contributed by atoms with van der Waals surface area (Å²) >= 11 is 0. The molecule has 8 heteroatoms. The van der Waals surface area contributed by atoms with Crippen LogP contribution in [0.1, 0.15) is 47.9 Å². The third-order valence-electron chi connectivity index (χ3n) is 3.54. The monoisotopic (exact) mass is 372 g/mol. The first kappa shape index (κ1) is 19.6. The number of carbonyl (C=O) groups is 4. The van der Waals surface area contributed by atoms with E-state index in [2.05, 4.69) is 0 Å². The van der Waals surface area contributed by atoms with Crippen molar-refractivity contribution in [3.05, 3.63) is 58.7 Å². The maximum atomic E-state index is 11.2. The Balaban J connectivity index is 1.93. The molecule has 0 spiro atoms. The standard InChI is InChI=1S/C19H16O8/c20-10-12-2-4-16(14(8-12)18(22)23)26-6-1-7-27-17-5-3-13(11-21)9-15(17)19(24)25/h2-5,8-11H,1,6-7H2,(H,22,23)(H,24,25). The summed E-state index contributed by atoms with van der Waals surface area (Å²) < 4.78 is 10.8. The first-order chi connectivity index (χ1) is 13.0. The molecule has 0 fully saturated rings. The lowest BCUT2D eigenvalue weighted by Crippen LogP contribution is -2.10. The highest BCUT2D eigenvalue weighted by atomic mass is 16.5. The minimum Gasteiger partial charge on any atom is -0.493 e. The smallest absolute Gasteiger partial charge is 0.339 e. The fraction of sp³-hybridized carbons (Fsp3) is 0.158. The predicted molar refractivity (Wildman–Crippen MR) is 93.2 cm³/mol. The summed E-state index contributed by atoms with van der Waals surface area (Å²) in [6, 6.07) is 8.12. The van der Waals surface area contributed by atoms with Gasteiger partial charge in [-0.1, -0.05) is 0 Å². The zero-order chi connectivity index (χ0) is 19.8. The van der Waals surface area contributed by atoms with Crippen molar-refractivity contribution in [2.75, 3.05) is 13.2 Å². The second kappa shape index (κ2) is 9.14. The zero-order valence-electron chi connectivity index (χ0n) is 14.1. The summed E-state index contributed by atoms with van der Waals surface area (Å²) in [6.07, 6.45) is 1.43. The van der Waals surface area contributed by atoms with E-state index in [1.807, 2.05) is 0 Å². The average Bonchev–Trinajstić information content (AvgIpc) is 2.67. The molecule has 0 saturated carbocycles. The molecule has 2 aromatic carbocycles. The van der Waals surface area contributed by atoms with Gasteiger partial charge in [-0.15, -0.1) is 0 Å². The van der Waals surface area contributed by atoms with Crippen molar-refractivity contribution in [1.82, 2.24) is 0 Å². The number of aldehydes is 2. The second-order valence-electron chi connectivity index (χ2n) is 5.41. The Morgan fingerprint density at radius 1 is 0.778 bits per heavy atom. The van der Waals surface area contributed by atoms with Gasteiger partial charge in [0.05, 0.1) is 13.2 Å². The molecule has 2 rings (SSSR count). The minimum absolute atomic E-state index is 0.120. The molecule has 2 aromatic rings. The van der Waals surface area contributed by atoms with Crippen molar-refractivity contribution in [2.45, 2.75) is 6.42 Å². The van der Waals surface area contributed by atoms with Crippen molar-refractivity contribution >= 4 is 24.5 Å². The number of hydrogen-bond acceptors (Lipinski definition) is 6. The van der Waals surface area contributed by atoms with Crippen LogP contribution in [0.25, 0.3) is 0 Å². The molecule has 0 aromatic heterocycles. The van der Waals surface area contributed by atoms with E-state index in [1.165, 1.54) is 36.4 Å². The van der Waals surface area contributed by atoms with Crippen molar-refractivity contribution in [3.63, 3.8) is 0 Å². The van der Waals surface area contributed by atoms with Crippen molar-refractivity contribution in [3.8, 4) is 11.5 Å². The van der Waals surface area contributed by atoms with Gasteiger partial charge in [0.1, 0.15) is 35.2 Å². The van der Waals surface area contributed by atoms with E-state index < -0.39 is 11.9 Å². The summed E-state index contributed by atoms with van der Waals surface area (Å²) in [4.78, 5) is 43.9. The maximum Gasteiger partial charge on any atom is 0.339 e. The van der Waals surface area contributed by atoms with Gasteiger partial charge in [0.15, 0.2) is 0 Å². The summed E-state index contributed by atoms with van der Waals surface area (Å²) in [6.45, 7) is 0.241. The van der Waals surface area contributed by atoms with Crippen LogP contribution in [0.2, 0.25) is 0 Å². The Morgan fingerprint density at radius 2 is 1.19 bits per heavy atom. The van der Waals surface area contributed by atoms with Crippen LogP contribution in [0.4, 0.5) is 0 Å². The van der Waals surface area contributed by atoms with Gasteiger partial charge in [0.2, 0.25) is 0 Å². The molecule has 0 bridgehead atoms. The summed E-state index contributed by atoms with van der Waals surface area (Å²) in [5, 5.41) is 18.3. The Bertz CT molecular complexity index is 801. The third kappa shape index (κ3) is 5.15. The van der Waals surface area contributed by atoms with Crippen LogP contribution < -0.4 is 9.47 Å². The van der Waals surface area contributed by atoms with Crippen LogP contribution in [0, 0.1) is 0 Å². The van der Waals surface area contributed by atoms with Gasteiger partial charge < -0.3 is 19.7 Å². The van der Waals surface area contributed by atoms with E-state index in [1.54, 1.807) is 0 Å². The molecule has 0 atom stereocenters. The van der Waals surface area contributed by atoms with Crippen LogP contribution >= 0.6 is 0 Å². The van der Waals surface area contributed by atoms with Crippen LogP contribution in [0.5, 0.6) is 11.5 Å². The van der Waals surface area contributed by atoms with E-state index in [0.29, 0.717) is 19.0 Å². The van der Waals surface area contributed by atoms with Gasteiger partial charge in [-0.3, -0.25) is 9.59 Å². The van der Waals surface area contributed by atoms with Crippen LogP contribution in [0.15, 0.2) is 36.4 Å². The molecule has 27 heavy (non-hydrogen) atoms. The molecule has 0 amide bonds. The lowest BCUT2D eigenvalue weighted by molar-refractivity contribution is 0.0682. The van der Waals surface area contributed by atoms with Gasteiger partial charge in [-0.25, -0.2) is 9.59 Å². The van der Waals surface area contributed by atoms with Gasteiger partial charge in [0.25, 0.3) is 0 Å². The SMILES string of the molecule is O=Cc1ccc(OCCCOc2ccc(C=O)cc2C(=O)O)c(C(=O)O)c1. The molecule has 8 nitrogen and oxygen atoms in total. The highest BCUT2D eigenvalue weighted by molar-refractivity contribution is 5.93. The second-order valence-corrected chi connectivity index (χ2v) is 5.41. The summed E-state index contributed by atoms with van der Waals surface area (Å²) in [7, 11) is 0. The fourth-order valence-electron chi connectivity index (χ4n) is 2.25. The highest BCUT2D eigenvalue weighted by Gasteiger charge is 2.14. The quantitative estimate of drug-likeness (QED) is 0.481. The van der Waals surface area contributed by atoms with Crippen LogP contribution in [-0.2, 0) is 0 Å². The van der Waals surface area contributed by atoms with Gasteiger partial charge in [0, 0.05) is 17.5 Å². The number of carbonyl (C=O) groups excluding carboxylic acids is 2. The molecule has 0 unspecified atom stereocenters. The maximum absolute atomic E-state index is 11.2. The molecular weight excluding hydrogens is 356 g/mol. The number of hydrogen-bond donors (Lipinski definition) is 2.